The molecule has 7 atom stereocenters. The fourth-order valence-corrected chi connectivity index (χ4v) is 9.15. The van der Waals surface area contributed by atoms with Crippen LogP contribution in [0.2, 0.25) is 0 Å². The highest BCUT2D eigenvalue weighted by Crippen LogP contribution is 2.48. The average molecular weight is 847 g/mol. The monoisotopic (exact) mass is 846 g/mol. The molecule has 2 aliphatic heterocycles. The second kappa shape index (κ2) is 16.4. The molecule has 0 unspecified atom stereocenters. The van der Waals surface area contributed by atoms with Crippen LogP contribution in [0.1, 0.15) is 99.8 Å². The van der Waals surface area contributed by atoms with Crippen LogP contribution in [0.5, 0.6) is 11.8 Å². The molecule has 3 heterocycles. The van der Waals surface area contributed by atoms with Gasteiger partial charge in [-0.3, -0.25) is 19.1 Å². The van der Waals surface area contributed by atoms with Crippen molar-refractivity contribution in [2.24, 2.45) is 17.8 Å². The third-order valence-corrected chi connectivity index (χ3v) is 14.6. The number of fused-ring (bicyclic) bond motifs is 3. The number of ether oxygens (including phenoxy) is 3. The number of amides is 4. The van der Waals surface area contributed by atoms with Crippen LogP contribution in [0.15, 0.2) is 36.4 Å². The number of nitrogens with one attached hydrogen (secondary N) is 3. The molecule has 0 spiro atoms. The summed E-state index contributed by atoms with van der Waals surface area (Å²) in [4.78, 5) is 58.2. The summed E-state index contributed by atoms with van der Waals surface area (Å²) in [5, 5.41) is 15.1. The number of alkyl carbamates (subject to hydrolysis) is 1. The van der Waals surface area contributed by atoms with E-state index in [0.717, 1.165) is 13.8 Å². The van der Waals surface area contributed by atoms with Crippen molar-refractivity contribution in [2.75, 3.05) is 13.2 Å². The maximum absolute atomic E-state index is 15.0. The zero-order valence-corrected chi connectivity index (χ0v) is 35.5. The largest absolute Gasteiger partial charge is 0.476 e. The summed E-state index contributed by atoms with van der Waals surface area (Å²) in [7, 11) is -4.06. The number of carbonyl (C=O) groups is 4. The van der Waals surface area contributed by atoms with Gasteiger partial charge in [-0.2, -0.15) is 0 Å². The Hall–Kier alpha value is -4.61. The van der Waals surface area contributed by atoms with E-state index in [1.807, 2.05) is 32.9 Å². The number of rotatable bonds is 11. The van der Waals surface area contributed by atoms with Gasteiger partial charge >= 0.3 is 6.09 Å². The standard InChI is InChI=1S/C41H56F2N6O9S/c1-8-25-20-24(3)14-10-11-15-26-22-41(26,36(52)48-59(54,55)39(6)18-19-39)45-32(50)30-21-27(57-34-29-17-13-12-16-28(29)33(46-47-34)56-9-2)23-49(30)35(51)31(25)44-37(53)58-38(4,5)40(7,42)43/h11-13,15-17,24-27,30-31H,8-10,14,18-23H2,1-7H3,(H,44,53)(H,45,50)(H,48,52)/b15-11-/t24-,25-,26-,27-,30+,31+,41-/m1/s1. The first-order valence-electron chi connectivity index (χ1n) is 20.4. The Kier molecular flexibility index (Phi) is 12.3. The molecule has 324 valence electrons. The molecule has 59 heavy (non-hydrogen) atoms. The highest BCUT2D eigenvalue weighted by Gasteiger charge is 2.63. The van der Waals surface area contributed by atoms with Crippen LogP contribution in [0.4, 0.5) is 13.6 Å². The van der Waals surface area contributed by atoms with Crippen molar-refractivity contribution in [1.82, 2.24) is 30.5 Å². The molecule has 4 amide bonds. The van der Waals surface area contributed by atoms with E-state index in [4.69, 9.17) is 14.2 Å². The van der Waals surface area contributed by atoms with Gasteiger partial charge in [-0.25, -0.2) is 22.0 Å². The first kappa shape index (κ1) is 44.0. The molecule has 6 rings (SSSR count). The number of alkyl halides is 2. The van der Waals surface area contributed by atoms with Crippen LogP contribution in [0.3, 0.4) is 0 Å². The van der Waals surface area contributed by atoms with Gasteiger partial charge in [-0.15, -0.1) is 10.2 Å². The van der Waals surface area contributed by atoms with E-state index >= 15 is 0 Å². The third kappa shape index (κ3) is 9.11. The Labute approximate surface area is 343 Å². The summed E-state index contributed by atoms with van der Waals surface area (Å²) in [6.07, 6.45) is 4.57. The van der Waals surface area contributed by atoms with Gasteiger partial charge in [0, 0.05) is 19.3 Å². The van der Waals surface area contributed by atoms with E-state index in [-0.39, 0.29) is 31.2 Å². The maximum Gasteiger partial charge on any atom is 0.408 e. The molecule has 1 saturated heterocycles. The molecule has 0 bridgehead atoms. The number of allylic oxidation sites excluding steroid dienone is 1. The van der Waals surface area contributed by atoms with Gasteiger partial charge in [0.1, 0.15) is 23.7 Å². The van der Waals surface area contributed by atoms with Crippen molar-refractivity contribution in [1.29, 1.82) is 0 Å². The lowest BCUT2D eigenvalue weighted by atomic mass is 9.85. The molecular formula is C41H56F2N6O9S. The van der Waals surface area contributed by atoms with Crippen LogP contribution < -0.4 is 24.8 Å². The molecule has 15 nitrogen and oxygen atoms in total. The van der Waals surface area contributed by atoms with Gasteiger partial charge < -0.3 is 29.7 Å². The first-order chi connectivity index (χ1) is 27.6. The van der Waals surface area contributed by atoms with E-state index in [2.05, 4.69) is 25.6 Å². The fourth-order valence-electron chi connectivity index (χ4n) is 7.84. The van der Waals surface area contributed by atoms with Crippen molar-refractivity contribution < 1.29 is 50.6 Å². The zero-order chi connectivity index (χ0) is 43.1. The number of aromatic nitrogens is 2. The number of carbonyl (C=O) groups excluding carboxylic acids is 4. The quantitative estimate of drug-likeness (QED) is 0.252. The summed E-state index contributed by atoms with van der Waals surface area (Å²) >= 11 is 0. The lowest BCUT2D eigenvalue weighted by molar-refractivity contribution is -0.152. The van der Waals surface area contributed by atoms with E-state index in [0.29, 0.717) is 68.7 Å². The molecule has 2 aromatic rings. The highest BCUT2D eigenvalue weighted by molar-refractivity contribution is 7.91. The molecule has 4 aliphatic rings. The van der Waals surface area contributed by atoms with E-state index in [9.17, 15) is 36.4 Å². The van der Waals surface area contributed by atoms with Crippen LogP contribution in [-0.2, 0) is 29.1 Å². The number of hydrogen-bond donors (Lipinski definition) is 3. The molecular weight excluding hydrogens is 791 g/mol. The minimum atomic E-state index is -4.06. The van der Waals surface area contributed by atoms with Crippen LogP contribution >= 0.6 is 0 Å². The summed E-state index contributed by atoms with van der Waals surface area (Å²) < 4.78 is 73.8. The summed E-state index contributed by atoms with van der Waals surface area (Å²) in [5.41, 5.74) is -3.84. The van der Waals surface area contributed by atoms with Crippen LogP contribution in [0, 0.1) is 17.8 Å². The molecule has 0 radical (unpaired) electrons. The average Bonchev–Trinajstić information content (AvgIpc) is 4.04. The highest BCUT2D eigenvalue weighted by atomic mass is 32.2. The number of sulfonamides is 1. The SMILES string of the molecule is CCOc1nnc(O[C@@H]2C[C@H]3C(=O)N[C@]4(C(=O)NS(=O)(=O)C5(C)CC5)C[C@H]4/C=C\CC[C@@H](C)C[C@@H](CC)[C@H](NC(=O)OC(C)(C)C(C)(F)F)C(=O)N3C2)c2ccccc12. The Bertz CT molecular complexity index is 2090. The second-order valence-electron chi connectivity index (χ2n) is 17.4. The molecule has 18 heteroatoms. The molecule has 2 saturated carbocycles. The fraction of sp³-hybridized carbons (Fsp3) is 0.659. The normalized spacial score (nSPS) is 29.1. The molecule has 1 aromatic heterocycles. The number of benzene rings is 1. The van der Waals surface area contributed by atoms with E-state index < -0.39 is 85.7 Å². The predicted octanol–water partition coefficient (Wildman–Crippen LogP) is 5.18. The smallest absolute Gasteiger partial charge is 0.408 e. The summed E-state index contributed by atoms with van der Waals surface area (Å²) in [6.45, 7) is 10.2. The minimum Gasteiger partial charge on any atom is -0.476 e. The topological polar surface area (TPSA) is 195 Å². The van der Waals surface area contributed by atoms with Gasteiger partial charge in [0.25, 0.3) is 11.8 Å². The zero-order valence-electron chi connectivity index (χ0n) is 34.7. The van der Waals surface area contributed by atoms with E-state index in [1.54, 1.807) is 31.2 Å². The van der Waals surface area contributed by atoms with Crippen molar-refractivity contribution in [3.8, 4) is 11.8 Å². The Balaban J connectivity index is 1.37. The van der Waals surface area contributed by atoms with Gasteiger partial charge in [-0.1, -0.05) is 44.6 Å². The van der Waals surface area contributed by atoms with Gasteiger partial charge in [0.05, 0.1) is 28.7 Å². The van der Waals surface area contributed by atoms with Crippen molar-refractivity contribution in [3.05, 3.63) is 36.4 Å². The number of nitrogens with zero attached hydrogens (tertiary/aromatic N) is 3. The predicted molar refractivity (Wildman–Crippen MR) is 213 cm³/mol. The van der Waals surface area contributed by atoms with Crippen LogP contribution in [-0.4, -0.2) is 100 Å². The molecule has 1 aromatic carbocycles. The summed E-state index contributed by atoms with van der Waals surface area (Å²) in [6, 6.07) is 4.57. The first-order valence-corrected chi connectivity index (χ1v) is 21.9. The van der Waals surface area contributed by atoms with Crippen LogP contribution in [0.25, 0.3) is 10.8 Å². The third-order valence-electron chi connectivity index (χ3n) is 12.5. The lowest BCUT2D eigenvalue weighted by Gasteiger charge is -2.35. The maximum atomic E-state index is 15.0. The van der Waals surface area contributed by atoms with Crippen molar-refractivity contribution >= 4 is 44.6 Å². The minimum absolute atomic E-state index is 0.0210. The molecule has 3 N–H and O–H groups in total. The van der Waals surface area contributed by atoms with Crippen molar-refractivity contribution in [2.45, 2.75) is 140 Å². The Morgan fingerprint density at radius 1 is 1.05 bits per heavy atom. The lowest BCUT2D eigenvalue weighted by Crippen LogP contribution is -2.60. The Morgan fingerprint density at radius 3 is 2.34 bits per heavy atom. The van der Waals surface area contributed by atoms with Gasteiger partial charge in [0.15, 0.2) is 5.60 Å². The van der Waals surface area contributed by atoms with E-state index in [1.165, 1.54) is 4.90 Å². The second-order valence-corrected chi connectivity index (χ2v) is 19.5. The van der Waals surface area contributed by atoms with Crippen molar-refractivity contribution in [3.63, 3.8) is 0 Å². The van der Waals surface area contributed by atoms with Gasteiger partial charge in [0.2, 0.25) is 33.6 Å². The summed E-state index contributed by atoms with van der Waals surface area (Å²) in [5.74, 6) is -6.30. The Morgan fingerprint density at radius 2 is 1.71 bits per heavy atom. The molecule has 3 fully saturated rings. The molecule has 2 aliphatic carbocycles. The number of halogens is 2. The number of hydrogen-bond acceptors (Lipinski definition) is 11. The van der Waals surface area contributed by atoms with Gasteiger partial charge in [-0.05, 0) is 90.2 Å².